The highest BCUT2D eigenvalue weighted by atomic mass is 19.1. The van der Waals surface area contributed by atoms with Crippen molar-refractivity contribution < 1.29 is 13.9 Å². The third kappa shape index (κ3) is 6.20. The van der Waals surface area contributed by atoms with Crippen molar-refractivity contribution in [1.29, 1.82) is 0 Å². The van der Waals surface area contributed by atoms with Crippen molar-refractivity contribution in [3.8, 4) is 0 Å². The van der Waals surface area contributed by atoms with Crippen LogP contribution in [-0.4, -0.2) is 19.1 Å². The molecule has 1 aromatic carbocycles. The molecule has 19 heavy (non-hydrogen) atoms. The molecule has 4 nitrogen and oxygen atoms in total. The summed E-state index contributed by atoms with van der Waals surface area (Å²) < 4.78 is 18.7. The van der Waals surface area contributed by atoms with Gasteiger partial charge < -0.3 is 15.8 Å². The minimum atomic E-state index is -0.487. The summed E-state index contributed by atoms with van der Waals surface area (Å²) in [6, 6.07) is 4.09. The Kier molecular flexibility index (Phi) is 6.29. The number of carbonyl (C=O) groups excluding carboxylic acids is 1. The number of nitrogens with one attached hydrogen (secondary N) is 1. The predicted molar refractivity (Wildman–Crippen MR) is 74.3 cm³/mol. The van der Waals surface area contributed by atoms with E-state index in [1.165, 1.54) is 18.2 Å². The van der Waals surface area contributed by atoms with Gasteiger partial charge in [0.2, 0.25) is 5.91 Å². The molecule has 106 valence electrons. The zero-order valence-corrected chi connectivity index (χ0v) is 11.4. The maximum absolute atomic E-state index is 13.4. The molecule has 1 rings (SSSR count). The Morgan fingerprint density at radius 2 is 2.21 bits per heavy atom. The minimum Gasteiger partial charge on any atom is -0.399 e. The molecule has 0 fully saturated rings. The molecular weight excluding hydrogens is 247 g/mol. The second-order valence-corrected chi connectivity index (χ2v) is 4.86. The largest absolute Gasteiger partial charge is 0.399 e. The first-order valence-electron chi connectivity index (χ1n) is 6.41. The van der Waals surface area contributed by atoms with E-state index in [-0.39, 0.29) is 11.6 Å². The summed E-state index contributed by atoms with van der Waals surface area (Å²) in [5, 5.41) is 2.50. The third-order valence-corrected chi connectivity index (χ3v) is 2.41. The van der Waals surface area contributed by atoms with Gasteiger partial charge in [-0.1, -0.05) is 13.8 Å². The van der Waals surface area contributed by atoms with Crippen molar-refractivity contribution in [2.24, 2.45) is 5.92 Å². The second kappa shape index (κ2) is 7.74. The van der Waals surface area contributed by atoms with Crippen LogP contribution in [0.4, 0.5) is 15.8 Å². The first kappa shape index (κ1) is 15.4. The maximum Gasteiger partial charge on any atom is 0.224 e. The second-order valence-electron chi connectivity index (χ2n) is 4.86. The van der Waals surface area contributed by atoms with Crippen LogP contribution in [0.5, 0.6) is 0 Å². The monoisotopic (exact) mass is 268 g/mol. The van der Waals surface area contributed by atoms with Crippen LogP contribution in [0, 0.1) is 11.7 Å². The van der Waals surface area contributed by atoms with Crippen molar-refractivity contribution in [2.45, 2.75) is 26.7 Å². The minimum absolute atomic E-state index is 0.119. The number of rotatable bonds is 7. The number of ether oxygens (including phenoxy) is 1. The Morgan fingerprint density at radius 1 is 1.47 bits per heavy atom. The molecule has 5 heteroatoms. The number of carbonyl (C=O) groups is 1. The lowest BCUT2D eigenvalue weighted by atomic mass is 10.2. The van der Waals surface area contributed by atoms with Crippen LogP contribution in [-0.2, 0) is 9.53 Å². The Bertz CT molecular complexity index is 422. The van der Waals surface area contributed by atoms with Gasteiger partial charge in [0, 0.05) is 25.3 Å². The zero-order chi connectivity index (χ0) is 14.3. The lowest BCUT2D eigenvalue weighted by Gasteiger charge is -2.08. The van der Waals surface area contributed by atoms with Gasteiger partial charge in [-0.2, -0.15) is 0 Å². The molecule has 0 spiro atoms. The summed E-state index contributed by atoms with van der Waals surface area (Å²) in [5.74, 6) is -0.244. The van der Waals surface area contributed by atoms with Crippen molar-refractivity contribution >= 4 is 17.3 Å². The SMILES string of the molecule is CC(C)COCCCC(=O)Nc1cc(N)ccc1F. The summed E-state index contributed by atoms with van der Waals surface area (Å²) in [6.07, 6.45) is 0.912. The van der Waals surface area contributed by atoms with E-state index in [9.17, 15) is 9.18 Å². The van der Waals surface area contributed by atoms with Crippen molar-refractivity contribution in [3.63, 3.8) is 0 Å². The van der Waals surface area contributed by atoms with Gasteiger partial charge in [0.15, 0.2) is 0 Å². The molecule has 0 aliphatic rings. The number of halogens is 1. The molecule has 3 N–H and O–H groups in total. The van der Waals surface area contributed by atoms with Gasteiger partial charge in [-0.25, -0.2) is 4.39 Å². The highest BCUT2D eigenvalue weighted by Gasteiger charge is 2.07. The molecule has 0 heterocycles. The summed E-state index contributed by atoms with van der Waals surface area (Å²) in [4.78, 5) is 11.6. The molecule has 0 aliphatic heterocycles. The average Bonchev–Trinajstić information content (AvgIpc) is 2.33. The van der Waals surface area contributed by atoms with E-state index < -0.39 is 5.82 Å². The normalized spacial score (nSPS) is 10.7. The Labute approximate surface area is 113 Å². The van der Waals surface area contributed by atoms with Crippen LogP contribution >= 0.6 is 0 Å². The first-order chi connectivity index (χ1) is 8.99. The van der Waals surface area contributed by atoms with Gasteiger partial charge in [-0.3, -0.25) is 4.79 Å². The van der Waals surface area contributed by atoms with Crippen LogP contribution in [0.25, 0.3) is 0 Å². The van der Waals surface area contributed by atoms with Crippen LogP contribution in [0.15, 0.2) is 18.2 Å². The van der Waals surface area contributed by atoms with Crippen LogP contribution in [0.2, 0.25) is 0 Å². The Morgan fingerprint density at radius 3 is 2.89 bits per heavy atom. The van der Waals surface area contributed by atoms with E-state index in [1.807, 2.05) is 0 Å². The topological polar surface area (TPSA) is 64.3 Å². The molecule has 0 saturated carbocycles. The van der Waals surface area contributed by atoms with E-state index in [1.54, 1.807) is 0 Å². The summed E-state index contributed by atoms with van der Waals surface area (Å²) in [7, 11) is 0. The van der Waals surface area contributed by atoms with Gasteiger partial charge in [-0.05, 0) is 30.5 Å². The Hall–Kier alpha value is -1.62. The molecule has 0 saturated heterocycles. The highest BCUT2D eigenvalue weighted by molar-refractivity contribution is 5.91. The van der Waals surface area contributed by atoms with Gasteiger partial charge >= 0.3 is 0 Å². The lowest BCUT2D eigenvalue weighted by molar-refractivity contribution is -0.116. The number of anilines is 2. The van der Waals surface area contributed by atoms with Gasteiger partial charge in [-0.15, -0.1) is 0 Å². The molecule has 1 amide bonds. The average molecular weight is 268 g/mol. The summed E-state index contributed by atoms with van der Waals surface area (Å²) in [6.45, 7) is 5.35. The standard InChI is InChI=1S/C14H21FN2O2/c1-10(2)9-19-7-3-4-14(18)17-13-8-11(16)5-6-12(13)15/h5-6,8,10H,3-4,7,9,16H2,1-2H3,(H,17,18). The quantitative estimate of drug-likeness (QED) is 0.590. The van der Waals surface area contributed by atoms with Crippen LogP contribution in [0.1, 0.15) is 26.7 Å². The van der Waals surface area contributed by atoms with Gasteiger partial charge in [0.05, 0.1) is 5.69 Å². The third-order valence-electron chi connectivity index (χ3n) is 2.41. The zero-order valence-electron chi connectivity index (χ0n) is 11.4. The molecule has 0 unspecified atom stereocenters. The smallest absolute Gasteiger partial charge is 0.224 e. The van der Waals surface area contributed by atoms with E-state index in [0.29, 0.717) is 37.7 Å². The lowest BCUT2D eigenvalue weighted by Crippen LogP contribution is -2.14. The molecule has 1 aromatic rings. The van der Waals surface area contributed by atoms with E-state index >= 15 is 0 Å². The van der Waals surface area contributed by atoms with Crippen LogP contribution in [0.3, 0.4) is 0 Å². The fourth-order valence-electron chi connectivity index (χ4n) is 1.51. The number of hydrogen-bond acceptors (Lipinski definition) is 3. The summed E-state index contributed by atoms with van der Waals surface area (Å²) >= 11 is 0. The molecule has 0 atom stereocenters. The van der Waals surface area contributed by atoms with E-state index in [2.05, 4.69) is 19.2 Å². The fourth-order valence-corrected chi connectivity index (χ4v) is 1.51. The molecule has 0 radical (unpaired) electrons. The van der Waals surface area contributed by atoms with E-state index in [4.69, 9.17) is 10.5 Å². The molecule has 0 bridgehead atoms. The van der Waals surface area contributed by atoms with Crippen molar-refractivity contribution in [3.05, 3.63) is 24.0 Å². The van der Waals surface area contributed by atoms with Crippen LogP contribution < -0.4 is 11.1 Å². The van der Waals surface area contributed by atoms with Crippen molar-refractivity contribution in [2.75, 3.05) is 24.3 Å². The number of hydrogen-bond donors (Lipinski definition) is 2. The number of nitrogens with two attached hydrogens (primary N) is 1. The first-order valence-corrected chi connectivity index (χ1v) is 6.41. The summed E-state index contributed by atoms with van der Waals surface area (Å²) in [5.41, 5.74) is 6.07. The number of benzene rings is 1. The predicted octanol–water partition coefficient (Wildman–Crippen LogP) is 2.80. The van der Waals surface area contributed by atoms with Crippen molar-refractivity contribution in [1.82, 2.24) is 0 Å². The molecular formula is C14H21FN2O2. The maximum atomic E-state index is 13.4. The fraction of sp³-hybridized carbons (Fsp3) is 0.500. The molecule has 0 aliphatic carbocycles. The Balaban J connectivity index is 2.29. The van der Waals surface area contributed by atoms with Gasteiger partial charge in [0.25, 0.3) is 0 Å². The number of amides is 1. The van der Waals surface area contributed by atoms with E-state index in [0.717, 1.165) is 0 Å². The van der Waals surface area contributed by atoms with Gasteiger partial charge in [0.1, 0.15) is 5.82 Å². The molecule has 0 aromatic heterocycles. The highest BCUT2D eigenvalue weighted by Crippen LogP contribution is 2.17. The number of nitrogen functional groups attached to an aromatic ring is 1.